The number of rotatable bonds is 6. The summed E-state index contributed by atoms with van der Waals surface area (Å²) in [5.74, 6) is 1.99. The molecule has 0 aromatic rings. The zero-order chi connectivity index (χ0) is 10.2. The van der Waals surface area contributed by atoms with E-state index in [0.717, 1.165) is 31.8 Å². The molecule has 0 amide bonds. The lowest BCUT2D eigenvalue weighted by atomic mass is 10.1. The fraction of sp³-hybridized carbons (Fsp3) is 0.818. The van der Waals surface area contributed by atoms with Crippen molar-refractivity contribution in [1.82, 2.24) is 5.32 Å². The van der Waals surface area contributed by atoms with Gasteiger partial charge in [-0.1, -0.05) is 6.92 Å². The summed E-state index contributed by atoms with van der Waals surface area (Å²) in [7, 11) is 0. The third-order valence-corrected chi connectivity index (χ3v) is 3.24. The van der Waals surface area contributed by atoms with Gasteiger partial charge in [-0.05, 0) is 43.4 Å². The number of hydrogen-bond donors (Lipinski definition) is 1. The summed E-state index contributed by atoms with van der Waals surface area (Å²) in [6.45, 7) is 4.37. The SMILES string of the molecule is CSCC(C)CNCC1CCC=CO1. The minimum absolute atomic E-state index is 0.390. The lowest BCUT2D eigenvalue weighted by Gasteiger charge is -2.20. The Balaban J connectivity index is 2.00. The molecule has 14 heavy (non-hydrogen) atoms. The fourth-order valence-corrected chi connectivity index (χ4v) is 2.26. The smallest absolute Gasteiger partial charge is 0.110 e. The summed E-state index contributed by atoms with van der Waals surface area (Å²) in [4.78, 5) is 0. The van der Waals surface area contributed by atoms with Crippen LogP contribution in [0.3, 0.4) is 0 Å². The lowest BCUT2D eigenvalue weighted by Crippen LogP contribution is -2.32. The van der Waals surface area contributed by atoms with Gasteiger partial charge in [-0.25, -0.2) is 0 Å². The number of ether oxygens (including phenoxy) is 1. The van der Waals surface area contributed by atoms with Gasteiger partial charge in [-0.15, -0.1) is 0 Å². The van der Waals surface area contributed by atoms with Gasteiger partial charge in [-0.2, -0.15) is 11.8 Å². The van der Waals surface area contributed by atoms with E-state index in [9.17, 15) is 0 Å². The number of allylic oxidation sites excluding steroid dienone is 1. The molecule has 3 heteroatoms. The zero-order valence-electron chi connectivity index (χ0n) is 9.16. The van der Waals surface area contributed by atoms with Crippen molar-refractivity contribution in [2.75, 3.05) is 25.1 Å². The van der Waals surface area contributed by atoms with Gasteiger partial charge in [0.25, 0.3) is 0 Å². The van der Waals surface area contributed by atoms with Crippen LogP contribution >= 0.6 is 11.8 Å². The average Bonchev–Trinajstić information content (AvgIpc) is 2.20. The molecule has 0 spiro atoms. The molecule has 0 radical (unpaired) electrons. The second-order valence-corrected chi connectivity index (χ2v) is 4.84. The van der Waals surface area contributed by atoms with Crippen molar-refractivity contribution in [2.45, 2.75) is 25.9 Å². The van der Waals surface area contributed by atoms with Crippen molar-refractivity contribution in [3.05, 3.63) is 12.3 Å². The van der Waals surface area contributed by atoms with E-state index in [-0.39, 0.29) is 0 Å². The molecule has 0 saturated carbocycles. The van der Waals surface area contributed by atoms with Crippen LogP contribution in [0.4, 0.5) is 0 Å². The summed E-state index contributed by atoms with van der Waals surface area (Å²) in [6, 6.07) is 0. The zero-order valence-corrected chi connectivity index (χ0v) is 9.98. The summed E-state index contributed by atoms with van der Waals surface area (Å²) < 4.78 is 5.47. The van der Waals surface area contributed by atoms with Crippen molar-refractivity contribution in [3.8, 4) is 0 Å². The highest BCUT2D eigenvalue weighted by Gasteiger charge is 2.10. The molecule has 0 bridgehead atoms. The maximum atomic E-state index is 5.47. The summed E-state index contributed by atoms with van der Waals surface area (Å²) in [5, 5.41) is 3.47. The molecular formula is C11H21NOS. The third kappa shape index (κ3) is 4.91. The number of nitrogens with one attached hydrogen (secondary N) is 1. The van der Waals surface area contributed by atoms with E-state index >= 15 is 0 Å². The Kier molecular flexibility index (Phi) is 6.12. The highest BCUT2D eigenvalue weighted by molar-refractivity contribution is 7.98. The highest BCUT2D eigenvalue weighted by Crippen LogP contribution is 2.09. The molecule has 1 aliphatic heterocycles. The first-order valence-electron chi connectivity index (χ1n) is 5.33. The van der Waals surface area contributed by atoms with Crippen LogP contribution in [-0.2, 0) is 4.74 Å². The maximum Gasteiger partial charge on any atom is 0.110 e. The monoisotopic (exact) mass is 215 g/mol. The van der Waals surface area contributed by atoms with Crippen LogP contribution in [-0.4, -0.2) is 31.2 Å². The minimum Gasteiger partial charge on any atom is -0.497 e. The predicted molar refractivity (Wildman–Crippen MR) is 63.7 cm³/mol. The highest BCUT2D eigenvalue weighted by atomic mass is 32.2. The van der Waals surface area contributed by atoms with E-state index in [0.29, 0.717) is 6.10 Å². The van der Waals surface area contributed by atoms with Gasteiger partial charge in [0.2, 0.25) is 0 Å². The molecule has 1 N–H and O–H groups in total. The third-order valence-electron chi connectivity index (χ3n) is 2.34. The second-order valence-electron chi connectivity index (χ2n) is 3.93. The first kappa shape index (κ1) is 11.9. The summed E-state index contributed by atoms with van der Waals surface area (Å²) >= 11 is 1.91. The number of thioether (sulfide) groups is 1. The Hall–Kier alpha value is -0.150. The molecule has 0 fully saturated rings. The van der Waals surface area contributed by atoms with E-state index in [4.69, 9.17) is 4.74 Å². The summed E-state index contributed by atoms with van der Waals surface area (Å²) in [6.07, 6.45) is 8.79. The molecule has 2 unspecified atom stereocenters. The van der Waals surface area contributed by atoms with Crippen LogP contribution in [0.2, 0.25) is 0 Å². The quantitative estimate of drug-likeness (QED) is 0.734. The molecule has 0 aromatic heterocycles. The Morgan fingerprint density at radius 1 is 1.64 bits per heavy atom. The normalized spacial score (nSPS) is 23.1. The predicted octanol–water partition coefficient (Wildman–Crippen LogP) is 2.27. The van der Waals surface area contributed by atoms with Crippen molar-refractivity contribution in [2.24, 2.45) is 5.92 Å². The Morgan fingerprint density at radius 2 is 2.50 bits per heavy atom. The molecule has 0 aliphatic carbocycles. The van der Waals surface area contributed by atoms with Crippen LogP contribution in [0.1, 0.15) is 19.8 Å². The lowest BCUT2D eigenvalue weighted by molar-refractivity contribution is 0.122. The first-order valence-corrected chi connectivity index (χ1v) is 6.72. The fourth-order valence-electron chi connectivity index (χ4n) is 1.57. The van der Waals surface area contributed by atoms with Gasteiger partial charge in [-0.3, -0.25) is 0 Å². The molecule has 82 valence electrons. The van der Waals surface area contributed by atoms with Crippen LogP contribution < -0.4 is 5.32 Å². The van der Waals surface area contributed by atoms with Gasteiger partial charge in [0, 0.05) is 6.54 Å². The van der Waals surface area contributed by atoms with Gasteiger partial charge in [0.1, 0.15) is 6.10 Å². The first-order chi connectivity index (χ1) is 6.83. The summed E-state index contributed by atoms with van der Waals surface area (Å²) in [5.41, 5.74) is 0. The minimum atomic E-state index is 0.390. The molecule has 1 heterocycles. The molecule has 2 nitrogen and oxygen atoms in total. The molecule has 1 rings (SSSR count). The van der Waals surface area contributed by atoms with Crippen molar-refractivity contribution in [3.63, 3.8) is 0 Å². The molecule has 1 aliphatic rings. The van der Waals surface area contributed by atoms with Crippen molar-refractivity contribution < 1.29 is 4.74 Å². The average molecular weight is 215 g/mol. The maximum absolute atomic E-state index is 5.47. The molecular weight excluding hydrogens is 194 g/mol. The van der Waals surface area contributed by atoms with Crippen LogP contribution in [0, 0.1) is 5.92 Å². The Bertz CT molecular complexity index is 173. The number of hydrogen-bond acceptors (Lipinski definition) is 3. The topological polar surface area (TPSA) is 21.3 Å². The van der Waals surface area contributed by atoms with E-state index < -0.39 is 0 Å². The largest absolute Gasteiger partial charge is 0.497 e. The Labute approximate surface area is 91.5 Å². The molecule has 2 atom stereocenters. The van der Waals surface area contributed by atoms with E-state index in [1.54, 1.807) is 0 Å². The van der Waals surface area contributed by atoms with Crippen LogP contribution in [0.5, 0.6) is 0 Å². The van der Waals surface area contributed by atoms with E-state index in [2.05, 4.69) is 24.6 Å². The van der Waals surface area contributed by atoms with Crippen LogP contribution in [0.15, 0.2) is 12.3 Å². The molecule has 0 aromatic carbocycles. The van der Waals surface area contributed by atoms with E-state index in [1.807, 2.05) is 18.0 Å². The van der Waals surface area contributed by atoms with Gasteiger partial charge >= 0.3 is 0 Å². The van der Waals surface area contributed by atoms with Gasteiger partial charge < -0.3 is 10.1 Å². The second kappa shape index (κ2) is 7.18. The molecule has 0 saturated heterocycles. The van der Waals surface area contributed by atoms with Gasteiger partial charge in [0.15, 0.2) is 0 Å². The van der Waals surface area contributed by atoms with E-state index in [1.165, 1.54) is 5.75 Å². The van der Waals surface area contributed by atoms with Crippen molar-refractivity contribution in [1.29, 1.82) is 0 Å². The Morgan fingerprint density at radius 3 is 3.14 bits per heavy atom. The van der Waals surface area contributed by atoms with Crippen molar-refractivity contribution >= 4 is 11.8 Å². The standard InChI is InChI=1S/C11H21NOS/c1-10(9-14-2)7-12-8-11-5-3-4-6-13-11/h4,6,10-12H,3,5,7-9H2,1-2H3. The van der Waals surface area contributed by atoms with Gasteiger partial charge in [0.05, 0.1) is 6.26 Å². The van der Waals surface area contributed by atoms with Crippen LogP contribution in [0.25, 0.3) is 0 Å².